The molecule has 0 atom stereocenters. The molecule has 0 bridgehead atoms. The van der Waals surface area contributed by atoms with Crippen LogP contribution in [0.5, 0.6) is 0 Å². The average molecular weight is 908 g/mol. The molecular formula is C25H16Br6O3S2. The third kappa shape index (κ3) is 8.02. The Hall–Kier alpha value is 0.0200. The van der Waals surface area contributed by atoms with Crippen LogP contribution in [0, 0.1) is 6.92 Å². The second-order valence-electron chi connectivity index (χ2n) is 7.28. The first-order chi connectivity index (χ1) is 16.9. The number of hydrogen-bond donors (Lipinski definition) is 0. The van der Waals surface area contributed by atoms with Crippen LogP contribution in [0.3, 0.4) is 0 Å². The van der Waals surface area contributed by atoms with E-state index in [1.54, 1.807) is 12.1 Å². The van der Waals surface area contributed by atoms with Crippen LogP contribution in [0.1, 0.15) is 5.56 Å². The smallest absolute Gasteiger partial charge is 0.194 e. The van der Waals surface area contributed by atoms with E-state index in [0.29, 0.717) is 0 Å². The minimum atomic E-state index is -4.27. The van der Waals surface area contributed by atoms with Gasteiger partial charge in [0.05, 0.1) is 22.8 Å². The normalized spacial score (nSPS) is 11.2. The fourth-order valence-electron chi connectivity index (χ4n) is 3.05. The van der Waals surface area contributed by atoms with Crippen molar-refractivity contribution in [2.45, 2.75) is 26.5 Å². The molecule has 0 heterocycles. The maximum absolute atomic E-state index is 10.4. The van der Waals surface area contributed by atoms with Crippen molar-refractivity contribution in [2.75, 3.05) is 0 Å². The van der Waals surface area contributed by atoms with E-state index in [1.807, 2.05) is 13.0 Å². The molecular weight excluding hydrogens is 892 g/mol. The maximum atomic E-state index is 10.4. The van der Waals surface area contributed by atoms with Gasteiger partial charge in [0.2, 0.25) is 0 Å². The van der Waals surface area contributed by atoms with Crippen LogP contribution >= 0.6 is 95.6 Å². The summed E-state index contributed by atoms with van der Waals surface area (Å²) in [5.74, 6) is 0. The Labute approximate surface area is 264 Å². The van der Waals surface area contributed by atoms with E-state index in [9.17, 15) is 13.0 Å². The molecule has 0 aliphatic carbocycles. The van der Waals surface area contributed by atoms with Gasteiger partial charge in [-0.2, -0.15) is 0 Å². The van der Waals surface area contributed by atoms with Gasteiger partial charge in [0, 0.05) is 8.95 Å². The van der Waals surface area contributed by atoms with Gasteiger partial charge in [-0.25, -0.2) is 8.42 Å². The molecule has 0 spiro atoms. The number of aryl methyl sites for hydroxylation is 1. The average Bonchev–Trinajstić information content (AvgIpc) is 2.77. The number of benzene rings is 4. The maximum Gasteiger partial charge on any atom is 0.194 e. The van der Waals surface area contributed by atoms with Gasteiger partial charge in [-0.3, -0.25) is 0 Å². The molecule has 0 N–H and O–H groups in total. The van der Waals surface area contributed by atoms with Crippen molar-refractivity contribution in [3.05, 3.63) is 111 Å². The number of hydrogen-bond acceptors (Lipinski definition) is 3. The summed E-state index contributed by atoms with van der Waals surface area (Å²) in [7, 11) is -4.58. The summed E-state index contributed by atoms with van der Waals surface area (Å²) >= 11 is 22.2. The van der Waals surface area contributed by atoms with Gasteiger partial charge in [-0.05, 0) is 119 Å². The largest absolute Gasteiger partial charge is 0.744 e. The van der Waals surface area contributed by atoms with Crippen LogP contribution in [0.2, 0.25) is 0 Å². The Morgan fingerprint density at radius 1 is 0.639 bits per heavy atom. The van der Waals surface area contributed by atoms with Gasteiger partial charge >= 0.3 is 0 Å². The molecule has 0 radical (unpaired) electrons. The van der Waals surface area contributed by atoms with Gasteiger partial charge in [-0.15, -0.1) is 0 Å². The van der Waals surface area contributed by atoms with Gasteiger partial charge in [0.25, 0.3) is 0 Å². The Morgan fingerprint density at radius 3 is 1.39 bits per heavy atom. The molecule has 0 amide bonds. The summed E-state index contributed by atoms with van der Waals surface area (Å²) in [6.45, 7) is 1.82. The van der Waals surface area contributed by atoms with Crippen molar-refractivity contribution in [1.82, 2.24) is 0 Å². The Bertz CT molecular complexity index is 1370. The topological polar surface area (TPSA) is 57.2 Å². The van der Waals surface area contributed by atoms with E-state index >= 15 is 0 Å². The molecule has 0 saturated carbocycles. The van der Waals surface area contributed by atoms with Crippen molar-refractivity contribution >= 4 is 117 Å². The zero-order valence-corrected chi connectivity index (χ0v) is 29.5. The van der Waals surface area contributed by atoms with Crippen molar-refractivity contribution in [3.8, 4) is 0 Å². The molecule has 3 nitrogen and oxygen atoms in total. The van der Waals surface area contributed by atoms with Crippen LogP contribution in [-0.2, 0) is 21.0 Å². The molecule has 4 aromatic rings. The molecule has 0 fully saturated rings. The molecule has 4 rings (SSSR count). The second-order valence-corrected chi connectivity index (χ2v) is 15.8. The fourth-order valence-corrected chi connectivity index (χ4v) is 12.1. The molecule has 4 aromatic carbocycles. The lowest BCUT2D eigenvalue weighted by Crippen LogP contribution is -2.08. The van der Waals surface area contributed by atoms with E-state index in [2.05, 4.69) is 144 Å². The Morgan fingerprint density at radius 2 is 1.03 bits per heavy atom. The minimum absolute atomic E-state index is 0.178. The lowest BCUT2D eigenvalue weighted by molar-refractivity contribution is 0.463. The highest BCUT2D eigenvalue weighted by atomic mass is 79.9. The Balaban J connectivity index is 0.000000275. The lowest BCUT2D eigenvalue weighted by atomic mass is 10.2. The predicted octanol–water partition coefficient (Wildman–Crippen LogP) is 10.3. The van der Waals surface area contributed by atoms with Gasteiger partial charge in [-0.1, -0.05) is 67.8 Å². The van der Waals surface area contributed by atoms with E-state index in [4.69, 9.17) is 0 Å². The first kappa shape index (κ1) is 30.6. The fraction of sp³-hybridized carbons (Fsp3) is 0.0400. The summed E-state index contributed by atoms with van der Waals surface area (Å²) in [6.07, 6.45) is 0. The van der Waals surface area contributed by atoms with Gasteiger partial charge in [0.1, 0.15) is 21.0 Å². The van der Waals surface area contributed by atoms with E-state index < -0.39 is 10.1 Å². The first-order valence-corrected chi connectivity index (χ1v) is 17.4. The third-order valence-corrected chi connectivity index (χ3v) is 12.4. The molecule has 0 aromatic heterocycles. The molecule has 11 heteroatoms. The first-order valence-electron chi connectivity index (χ1n) is 9.99. The third-order valence-electron chi connectivity index (χ3n) is 4.62. The minimum Gasteiger partial charge on any atom is -0.744 e. The summed E-state index contributed by atoms with van der Waals surface area (Å²) in [5, 5.41) is 0. The molecule has 188 valence electrons. The van der Waals surface area contributed by atoms with Crippen molar-refractivity contribution in [2.24, 2.45) is 0 Å². The van der Waals surface area contributed by atoms with Crippen molar-refractivity contribution in [3.63, 3.8) is 0 Å². The summed E-state index contributed by atoms with van der Waals surface area (Å²) in [5.41, 5.74) is 0.928. The monoisotopic (exact) mass is 902 g/mol. The van der Waals surface area contributed by atoms with Crippen LogP contribution in [0.15, 0.2) is 125 Å². The van der Waals surface area contributed by atoms with Crippen molar-refractivity contribution in [1.29, 1.82) is 0 Å². The second kappa shape index (κ2) is 13.4. The van der Waals surface area contributed by atoms with Crippen LogP contribution in [0.25, 0.3) is 0 Å². The Kier molecular flexibility index (Phi) is 11.4. The van der Waals surface area contributed by atoms with E-state index in [1.165, 1.54) is 26.8 Å². The SMILES string of the molecule is Brc1cc(Br)c([S+](c2ccccc2)c2c(Br)cc(Br)cc2Br)c(Br)c1.Cc1ccc(S(=O)(=O)[O-])cc1. The van der Waals surface area contributed by atoms with Crippen molar-refractivity contribution < 1.29 is 13.0 Å². The van der Waals surface area contributed by atoms with E-state index in [0.717, 1.165) is 32.4 Å². The molecule has 0 aliphatic rings. The molecule has 0 unspecified atom stereocenters. The zero-order chi connectivity index (χ0) is 26.6. The van der Waals surface area contributed by atoms with Crippen LogP contribution in [0.4, 0.5) is 0 Å². The lowest BCUT2D eigenvalue weighted by Gasteiger charge is -2.14. The predicted molar refractivity (Wildman–Crippen MR) is 167 cm³/mol. The van der Waals surface area contributed by atoms with Gasteiger partial charge < -0.3 is 4.55 Å². The summed E-state index contributed by atoms with van der Waals surface area (Å²) in [4.78, 5) is 3.48. The summed E-state index contributed by atoms with van der Waals surface area (Å²) in [6, 6.07) is 24.7. The number of halogens is 6. The highest BCUT2D eigenvalue weighted by molar-refractivity contribution is 9.12. The standard InChI is InChI=1S/C18H9Br6S.C7H8O3S/c19-10-6-13(21)17(14(22)7-10)25(12-4-2-1-3-5-12)18-15(23)8-11(20)9-16(18)24;1-6-2-4-7(5-3-6)11(8,9)10/h1-9H;2-5H,1H3,(H,8,9,10)/q+1;/p-1. The van der Waals surface area contributed by atoms with Crippen LogP contribution < -0.4 is 0 Å². The highest BCUT2D eigenvalue weighted by Crippen LogP contribution is 2.46. The molecule has 36 heavy (non-hydrogen) atoms. The summed E-state index contributed by atoms with van der Waals surface area (Å²) < 4.78 is 37.5. The van der Waals surface area contributed by atoms with E-state index in [-0.39, 0.29) is 15.8 Å². The van der Waals surface area contributed by atoms with Gasteiger partial charge in [0.15, 0.2) is 14.7 Å². The number of rotatable bonds is 4. The zero-order valence-electron chi connectivity index (χ0n) is 18.3. The van der Waals surface area contributed by atoms with Crippen LogP contribution in [-0.4, -0.2) is 13.0 Å². The molecule has 0 aliphatic heterocycles. The molecule has 0 saturated heterocycles. The quantitative estimate of drug-likeness (QED) is 0.151. The highest BCUT2D eigenvalue weighted by Gasteiger charge is 2.37.